The summed E-state index contributed by atoms with van der Waals surface area (Å²) in [5, 5.41) is 4.40. The van der Waals surface area contributed by atoms with Crippen LogP contribution in [0.5, 0.6) is 0 Å². The lowest BCUT2D eigenvalue weighted by atomic mass is 9.91. The minimum atomic E-state index is -0.331. The first-order valence-corrected chi connectivity index (χ1v) is 7.72. The van der Waals surface area contributed by atoms with E-state index in [4.69, 9.17) is 9.15 Å². The largest absolute Gasteiger partial charge is 0.493 e. The van der Waals surface area contributed by atoms with Gasteiger partial charge in [-0.3, -0.25) is 0 Å². The Bertz CT molecular complexity index is 912. The third-order valence-corrected chi connectivity index (χ3v) is 4.23. The van der Waals surface area contributed by atoms with Crippen LogP contribution in [-0.4, -0.2) is 12.6 Å². The number of ether oxygens (including phenoxy) is 1. The van der Waals surface area contributed by atoms with Crippen molar-refractivity contribution in [3.63, 3.8) is 0 Å². The van der Waals surface area contributed by atoms with Gasteiger partial charge in [0.25, 0.3) is 0 Å². The summed E-state index contributed by atoms with van der Waals surface area (Å²) in [7, 11) is 0. The van der Waals surface area contributed by atoms with E-state index < -0.39 is 0 Å². The smallest absolute Gasteiger partial charge is 0.336 e. The summed E-state index contributed by atoms with van der Waals surface area (Å²) in [6.45, 7) is 1.59. The van der Waals surface area contributed by atoms with E-state index in [-0.39, 0.29) is 17.6 Å². The van der Waals surface area contributed by atoms with Crippen molar-refractivity contribution >= 4 is 12.2 Å². The van der Waals surface area contributed by atoms with Crippen LogP contribution in [0.15, 0.2) is 63.5 Å². The second kappa shape index (κ2) is 5.89. The van der Waals surface area contributed by atoms with Gasteiger partial charge in [-0.25, -0.2) is 4.79 Å². The SMILES string of the molecule is O=c1ccc2c(o1)=CC1OC=C(CNCc3ccccc3)C1C=2. The van der Waals surface area contributed by atoms with Crippen LogP contribution in [0, 0.1) is 5.92 Å². The molecule has 1 aliphatic carbocycles. The van der Waals surface area contributed by atoms with Gasteiger partial charge in [-0.15, -0.1) is 0 Å². The molecule has 23 heavy (non-hydrogen) atoms. The van der Waals surface area contributed by atoms with Gasteiger partial charge in [0.15, 0.2) is 0 Å². The number of hydrogen-bond donors (Lipinski definition) is 1. The fourth-order valence-electron chi connectivity index (χ4n) is 3.04. The van der Waals surface area contributed by atoms with Crippen molar-refractivity contribution in [1.29, 1.82) is 0 Å². The molecule has 1 N–H and O–H groups in total. The monoisotopic (exact) mass is 307 g/mol. The Morgan fingerprint density at radius 2 is 1.87 bits per heavy atom. The first-order chi connectivity index (χ1) is 11.3. The topological polar surface area (TPSA) is 51.5 Å². The van der Waals surface area contributed by atoms with E-state index >= 15 is 0 Å². The number of fused-ring (bicyclic) bond motifs is 2. The summed E-state index contributed by atoms with van der Waals surface area (Å²) >= 11 is 0. The second-order valence-electron chi connectivity index (χ2n) is 5.82. The van der Waals surface area contributed by atoms with E-state index in [0.29, 0.717) is 5.42 Å². The lowest BCUT2D eigenvalue weighted by Gasteiger charge is -2.18. The Hall–Kier alpha value is -2.59. The lowest BCUT2D eigenvalue weighted by molar-refractivity contribution is 0.207. The molecule has 0 radical (unpaired) electrons. The van der Waals surface area contributed by atoms with Crippen LogP contribution < -0.4 is 21.6 Å². The summed E-state index contributed by atoms with van der Waals surface area (Å²) in [4.78, 5) is 11.3. The van der Waals surface area contributed by atoms with Crippen molar-refractivity contribution in [1.82, 2.24) is 5.32 Å². The Kier molecular flexibility index (Phi) is 3.60. The first-order valence-electron chi connectivity index (χ1n) is 7.72. The van der Waals surface area contributed by atoms with E-state index in [9.17, 15) is 4.79 Å². The molecule has 0 amide bonds. The van der Waals surface area contributed by atoms with Gasteiger partial charge in [-0.1, -0.05) is 36.4 Å². The van der Waals surface area contributed by atoms with Gasteiger partial charge < -0.3 is 14.5 Å². The average molecular weight is 307 g/mol. The summed E-state index contributed by atoms with van der Waals surface area (Å²) < 4.78 is 10.9. The van der Waals surface area contributed by atoms with Crippen LogP contribution >= 0.6 is 0 Å². The molecule has 116 valence electrons. The van der Waals surface area contributed by atoms with E-state index in [0.717, 1.165) is 18.3 Å². The highest BCUT2D eigenvalue weighted by Gasteiger charge is 2.30. The van der Waals surface area contributed by atoms with Gasteiger partial charge in [-0.05, 0) is 17.2 Å². The second-order valence-corrected chi connectivity index (χ2v) is 5.82. The zero-order valence-corrected chi connectivity index (χ0v) is 12.6. The van der Waals surface area contributed by atoms with E-state index in [1.807, 2.05) is 30.5 Å². The van der Waals surface area contributed by atoms with Gasteiger partial charge in [0.1, 0.15) is 11.5 Å². The van der Waals surface area contributed by atoms with Crippen molar-refractivity contribution in [2.24, 2.45) is 5.92 Å². The molecule has 0 saturated heterocycles. The molecule has 1 aliphatic heterocycles. The Balaban J connectivity index is 1.48. The van der Waals surface area contributed by atoms with Gasteiger partial charge in [-0.2, -0.15) is 0 Å². The standard InChI is InChI=1S/C19H17NO3/c21-19-7-6-14-8-16-15(12-22-18(16)9-17(14)23-19)11-20-10-13-4-2-1-3-5-13/h1-9,12,16,18,20H,10-11H2. The molecule has 2 aliphatic rings. The van der Waals surface area contributed by atoms with Crippen molar-refractivity contribution in [3.05, 3.63) is 80.9 Å². The molecule has 0 bridgehead atoms. The van der Waals surface area contributed by atoms with E-state index in [1.54, 1.807) is 6.07 Å². The van der Waals surface area contributed by atoms with E-state index in [1.165, 1.54) is 17.2 Å². The molecule has 1 aromatic heterocycles. The fraction of sp³-hybridized carbons (Fsp3) is 0.211. The molecule has 2 heterocycles. The first kappa shape index (κ1) is 14.0. The van der Waals surface area contributed by atoms with Gasteiger partial charge in [0.2, 0.25) is 0 Å². The fourth-order valence-corrected chi connectivity index (χ4v) is 3.04. The van der Waals surface area contributed by atoms with Crippen LogP contribution in [0.25, 0.3) is 12.2 Å². The van der Waals surface area contributed by atoms with Crippen LogP contribution in [0.2, 0.25) is 0 Å². The molecule has 2 unspecified atom stereocenters. The maximum atomic E-state index is 11.3. The highest BCUT2D eigenvalue weighted by Crippen LogP contribution is 2.28. The molecule has 0 spiro atoms. The zero-order valence-electron chi connectivity index (χ0n) is 12.6. The van der Waals surface area contributed by atoms with Crippen molar-refractivity contribution in [2.75, 3.05) is 6.54 Å². The summed E-state index contributed by atoms with van der Waals surface area (Å²) in [5.41, 5.74) is 2.74. The predicted molar refractivity (Wildman–Crippen MR) is 87.8 cm³/mol. The predicted octanol–water partition coefficient (Wildman–Crippen LogP) is 0.903. The molecular formula is C19H17NO3. The highest BCUT2D eigenvalue weighted by atomic mass is 16.5. The lowest BCUT2D eigenvalue weighted by Crippen LogP contribution is -2.37. The summed E-state index contributed by atoms with van der Waals surface area (Å²) in [6.07, 6.45) is 5.75. The van der Waals surface area contributed by atoms with E-state index in [2.05, 4.69) is 23.5 Å². The van der Waals surface area contributed by atoms with Gasteiger partial charge in [0.05, 0.1) is 6.26 Å². The normalized spacial score (nSPS) is 21.3. The summed E-state index contributed by atoms with van der Waals surface area (Å²) in [6, 6.07) is 13.6. The highest BCUT2D eigenvalue weighted by molar-refractivity contribution is 5.49. The Morgan fingerprint density at radius 1 is 1.00 bits per heavy atom. The molecule has 2 atom stereocenters. The molecule has 4 nitrogen and oxygen atoms in total. The third kappa shape index (κ3) is 2.85. The molecule has 0 saturated carbocycles. The van der Waals surface area contributed by atoms with Gasteiger partial charge in [0, 0.05) is 36.4 Å². The minimum absolute atomic E-state index is 0.0819. The van der Waals surface area contributed by atoms with Crippen molar-refractivity contribution in [2.45, 2.75) is 12.6 Å². The third-order valence-electron chi connectivity index (χ3n) is 4.23. The Labute approximate surface area is 133 Å². The number of hydrogen-bond acceptors (Lipinski definition) is 4. The average Bonchev–Trinajstić information content (AvgIpc) is 2.96. The van der Waals surface area contributed by atoms with Crippen LogP contribution in [0.4, 0.5) is 0 Å². The van der Waals surface area contributed by atoms with Gasteiger partial charge >= 0.3 is 5.63 Å². The molecular weight excluding hydrogens is 290 g/mol. The number of rotatable bonds is 4. The van der Waals surface area contributed by atoms with Crippen LogP contribution in [0.3, 0.4) is 0 Å². The van der Waals surface area contributed by atoms with Crippen molar-refractivity contribution in [3.8, 4) is 0 Å². The molecule has 1 aromatic carbocycles. The molecule has 2 aromatic rings. The number of benzene rings is 1. The minimum Gasteiger partial charge on any atom is -0.493 e. The maximum Gasteiger partial charge on any atom is 0.336 e. The molecule has 0 fully saturated rings. The zero-order chi connectivity index (χ0) is 15.6. The summed E-state index contributed by atoms with van der Waals surface area (Å²) in [5.74, 6) is 0.193. The quantitative estimate of drug-likeness (QED) is 0.912. The number of nitrogens with one attached hydrogen (secondary N) is 1. The van der Waals surface area contributed by atoms with Crippen molar-refractivity contribution < 1.29 is 9.15 Å². The van der Waals surface area contributed by atoms with Crippen LogP contribution in [0.1, 0.15) is 5.56 Å². The van der Waals surface area contributed by atoms with Crippen LogP contribution in [-0.2, 0) is 11.3 Å². The Morgan fingerprint density at radius 3 is 2.74 bits per heavy atom. The molecule has 4 rings (SSSR count). The maximum absolute atomic E-state index is 11.3. The molecule has 4 heteroatoms.